The van der Waals surface area contributed by atoms with Crippen LogP contribution in [-0.2, 0) is 0 Å². The van der Waals surface area contributed by atoms with Gasteiger partial charge < -0.3 is 10.4 Å². The molecular formula is C9H21NO. The van der Waals surface area contributed by atoms with Crippen LogP contribution in [0.25, 0.3) is 0 Å². The molecule has 0 saturated heterocycles. The molecular weight excluding hydrogens is 138 g/mol. The molecule has 2 heteroatoms. The second-order valence-corrected chi connectivity index (χ2v) is 3.18. The highest BCUT2D eigenvalue weighted by molar-refractivity contribution is 4.65. The highest BCUT2D eigenvalue weighted by Crippen LogP contribution is 2.14. The van der Waals surface area contributed by atoms with Gasteiger partial charge in [0.05, 0.1) is 6.10 Å². The highest BCUT2D eigenvalue weighted by atomic mass is 16.3. The normalized spacial score (nSPS) is 16.4. The van der Waals surface area contributed by atoms with E-state index in [2.05, 4.69) is 12.2 Å². The van der Waals surface area contributed by atoms with Crippen LogP contribution in [-0.4, -0.2) is 24.8 Å². The molecule has 0 bridgehead atoms. The molecule has 11 heavy (non-hydrogen) atoms. The molecule has 2 N–H and O–H groups in total. The third-order valence-corrected chi connectivity index (χ3v) is 2.11. The van der Waals surface area contributed by atoms with E-state index in [1.165, 1.54) is 6.42 Å². The summed E-state index contributed by atoms with van der Waals surface area (Å²) in [5, 5.41) is 12.4. The predicted octanol–water partition coefficient (Wildman–Crippen LogP) is 1.39. The van der Waals surface area contributed by atoms with Gasteiger partial charge in [-0.05, 0) is 39.3 Å². The Balaban J connectivity index is 3.51. The van der Waals surface area contributed by atoms with Crippen molar-refractivity contribution in [1.82, 2.24) is 5.32 Å². The number of hydrogen-bond acceptors (Lipinski definition) is 2. The van der Waals surface area contributed by atoms with Crippen molar-refractivity contribution >= 4 is 0 Å². The van der Waals surface area contributed by atoms with Gasteiger partial charge in [-0.2, -0.15) is 0 Å². The maximum Gasteiger partial charge on any atom is 0.0540 e. The summed E-state index contributed by atoms with van der Waals surface area (Å²) in [5.74, 6) is 0.479. The Morgan fingerprint density at radius 2 is 2.00 bits per heavy atom. The van der Waals surface area contributed by atoms with Crippen LogP contribution in [0, 0.1) is 5.92 Å². The van der Waals surface area contributed by atoms with Crippen molar-refractivity contribution in [3.8, 4) is 0 Å². The van der Waals surface area contributed by atoms with Crippen LogP contribution in [0.3, 0.4) is 0 Å². The average molecular weight is 159 g/mol. The van der Waals surface area contributed by atoms with Crippen molar-refractivity contribution in [1.29, 1.82) is 0 Å². The van der Waals surface area contributed by atoms with E-state index < -0.39 is 0 Å². The van der Waals surface area contributed by atoms with Crippen LogP contribution in [0.2, 0.25) is 0 Å². The molecule has 0 spiro atoms. The minimum atomic E-state index is -0.150. The first-order valence-electron chi connectivity index (χ1n) is 4.55. The molecule has 2 unspecified atom stereocenters. The van der Waals surface area contributed by atoms with Gasteiger partial charge >= 0.3 is 0 Å². The summed E-state index contributed by atoms with van der Waals surface area (Å²) in [4.78, 5) is 0. The fraction of sp³-hybridized carbons (Fsp3) is 1.00. The molecule has 0 saturated carbocycles. The van der Waals surface area contributed by atoms with E-state index in [4.69, 9.17) is 0 Å². The lowest BCUT2D eigenvalue weighted by Crippen LogP contribution is -2.21. The van der Waals surface area contributed by atoms with Crippen molar-refractivity contribution < 1.29 is 5.11 Å². The molecule has 0 fully saturated rings. The molecule has 0 aliphatic carbocycles. The standard InChI is InChI=1S/C9H21NO/c1-4-5-9(8(2)11)6-7-10-3/h8-11H,4-7H2,1-3H3. The van der Waals surface area contributed by atoms with Gasteiger partial charge in [0.1, 0.15) is 0 Å². The van der Waals surface area contributed by atoms with Crippen molar-refractivity contribution in [3.05, 3.63) is 0 Å². The van der Waals surface area contributed by atoms with Crippen LogP contribution < -0.4 is 5.32 Å². The van der Waals surface area contributed by atoms with Gasteiger partial charge in [0.15, 0.2) is 0 Å². The largest absolute Gasteiger partial charge is 0.393 e. The number of rotatable bonds is 6. The summed E-state index contributed by atoms with van der Waals surface area (Å²) in [6, 6.07) is 0. The Hall–Kier alpha value is -0.0800. The Morgan fingerprint density at radius 3 is 2.36 bits per heavy atom. The van der Waals surface area contributed by atoms with Gasteiger partial charge in [-0.25, -0.2) is 0 Å². The van der Waals surface area contributed by atoms with Gasteiger partial charge in [0.25, 0.3) is 0 Å². The summed E-state index contributed by atoms with van der Waals surface area (Å²) in [6.07, 6.45) is 3.24. The van der Waals surface area contributed by atoms with Crippen molar-refractivity contribution in [2.45, 2.75) is 39.2 Å². The lowest BCUT2D eigenvalue weighted by molar-refractivity contribution is 0.114. The van der Waals surface area contributed by atoms with E-state index in [-0.39, 0.29) is 6.10 Å². The van der Waals surface area contributed by atoms with E-state index in [0.717, 1.165) is 19.4 Å². The van der Waals surface area contributed by atoms with Gasteiger partial charge in [0, 0.05) is 0 Å². The van der Waals surface area contributed by atoms with E-state index >= 15 is 0 Å². The molecule has 0 aromatic heterocycles. The van der Waals surface area contributed by atoms with Crippen molar-refractivity contribution in [2.75, 3.05) is 13.6 Å². The maximum atomic E-state index is 9.34. The number of aliphatic hydroxyl groups excluding tert-OH is 1. The SMILES string of the molecule is CCCC(CCNC)C(C)O. The van der Waals surface area contributed by atoms with Crippen LogP contribution >= 0.6 is 0 Å². The minimum absolute atomic E-state index is 0.150. The molecule has 2 atom stereocenters. The van der Waals surface area contributed by atoms with Gasteiger partial charge in [-0.1, -0.05) is 13.3 Å². The summed E-state index contributed by atoms with van der Waals surface area (Å²) in [7, 11) is 1.95. The zero-order valence-corrected chi connectivity index (χ0v) is 7.93. The van der Waals surface area contributed by atoms with Crippen LogP contribution in [0.1, 0.15) is 33.1 Å². The quantitative estimate of drug-likeness (QED) is 0.614. The van der Waals surface area contributed by atoms with Crippen LogP contribution in [0.5, 0.6) is 0 Å². The molecule has 0 aliphatic rings. The van der Waals surface area contributed by atoms with E-state index in [0.29, 0.717) is 5.92 Å². The molecule has 0 amide bonds. The molecule has 0 aliphatic heterocycles. The summed E-state index contributed by atoms with van der Waals surface area (Å²) >= 11 is 0. The minimum Gasteiger partial charge on any atom is -0.393 e. The van der Waals surface area contributed by atoms with Gasteiger partial charge in [-0.3, -0.25) is 0 Å². The van der Waals surface area contributed by atoms with E-state index in [9.17, 15) is 5.11 Å². The molecule has 2 nitrogen and oxygen atoms in total. The lowest BCUT2D eigenvalue weighted by atomic mass is 9.95. The second-order valence-electron chi connectivity index (χ2n) is 3.18. The molecule has 0 rings (SSSR count). The molecule has 0 heterocycles. The second kappa shape index (κ2) is 6.62. The van der Waals surface area contributed by atoms with Crippen LogP contribution in [0.4, 0.5) is 0 Å². The monoisotopic (exact) mass is 159 g/mol. The first-order chi connectivity index (χ1) is 5.22. The number of nitrogens with one attached hydrogen (secondary N) is 1. The Labute approximate surface area is 70.0 Å². The average Bonchev–Trinajstić information content (AvgIpc) is 1.97. The third kappa shape index (κ3) is 5.22. The van der Waals surface area contributed by atoms with E-state index in [1.807, 2.05) is 14.0 Å². The number of aliphatic hydroxyl groups is 1. The molecule has 0 radical (unpaired) electrons. The highest BCUT2D eigenvalue weighted by Gasteiger charge is 2.12. The van der Waals surface area contributed by atoms with Crippen molar-refractivity contribution in [2.24, 2.45) is 5.92 Å². The Bertz CT molecular complexity index is 83.6. The first-order valence-corrected chi connectivity index (χ1v) is 4.55. The lowest BCUT2D eigenvalue weighted by Gasteiger charge is -2.18. The maximum absolute atomic E-state index is 9.34. The van der Waals surface area contributed by atoms with Crippen molar-refractivity contribution in [3.63, 3.8) is 0 Å². The molecule has 0 aromatic carbocycles. The topological polar surface area (TPSA) is 32.3 Å². The predicted molar refractivity (Wildman–Crippen MR) is 48.6 cm³/mol. The fourth-order valence-electron chi connectivity index (χ4n) is 1.33. The number of hydrogen-bond donors (Lipinski definition) is 2. The molecule has 0 aromatic rings. The van der Waals surface area contributed by atoms with Gasteiger partial charge in [0.2, 0.25) is 0 Å². The third-order valence-electron chi connectivity index (χ3n) is 2.11. The summed E-state index contributed by atoms with van der Waals surface area (Å²) in [6.45, 7) is 5.06. The zero-order chi connectivity index (χ0) is 8.69. The van der Waals surface area contributed by atoms with Crippen LogP contribution in [0.15, 0.2) is 0 Å². The zero-order valence-electron chi connectivity index (χ0n) is 7.93. The summed E-state index contributed by atoms with van der Waals surface area (Å²) in [5.41, 5.74) is 0. The Morgan fingerprint density at radius 1 is 1.36 bits per heavy atom. The molecule has 68 valence electrons. The smallest absolute Gasteiger partial charge is 0.0540 e. The Kier molecular flexibility index (Phi) is 6.57. The summed E-state index contributed by atoms with van der Waals surface area (Å²) < 4.78 is 0. The first kappa shape index (κ1) is 10.9. The fourth-order valence-corrected chi connectivity index (χ4v) is 1.33. The van der Waals surface area contributed by atoms with E-state index in [1.54, 1.807) is 0 Å². The van der Waals surface area contributed by atoms with Gasteiger partial charge in [-0.15, -0.1) is 0 Å².